The number of nitrogens with zero attached hydrogens (tertiary/aromatic N) is 4. The number of piperazine rings is 1. The van der Waals surface area contributed by atoms with Crippen molar-refractivity contribution in [3.8, 4) is 22.8 Å². The molecule has 0 saturated carbocycles. The zero-order valence-corrected chi connectivity index (χ0v) is 18.6. The van der Waals surface area contributed by atoms with Crippen LogP contribution in [0.25, 0.3) is 11.3 Å². The molecular formula is C23H28N4O2S. The molecule has 0 radical (unpaired) electrons. The van der Waals surface area contributed by atoms with Crippen molar-refractivity contribution >= 4 is 16.5 Å². The Hall–Kier alpha value is -2.51. The molecular weight excluding hydrogens is 396 g/mol. The third-order valence-electron chi connectivity index (χ3n) is 6.07. The highest BCUT2D eigenvalue weighted by Gasteiger charge is 2.24. The van der Waals surface area contributed by atoms with Crippen molar-refractivity contribution in [3.05, 3.63) is 47.1 Å². The summed E-state index contributed by atoms with van der Waals surface area (Å²) in [5.74, 6) is 1.65. The predicted octanol–water partition coefficient (Wildman–Crippen LogP) is 3.82. The highest BCUT2D eigenvalue weighted by molar-refractivity contribution is 7.14. The Kier molecular flexibility index (Phi) is 5.16. The van der Waals surface area contributed by atoms with Gasteiger partial charge in [0.2, 0.25) is 0 Å². The second-order valence-corrected chi connectivity index (χ2v) is 9.04. The molecule has 0 amide bonds. The topological polar surface area (TPSA) is 42.8 Å². The molecule has 0 spiro atoms. The van der Waals surface area contributed by atoms with Gasteiger partial charge in [-0.3, -0.25) is 0 Å². The van der Waals surface area contributed by atoms with E-state index in [0.29, 0.717) is 6.61 Å². The van der Waals surface area contributed by atoms with Gasteiger partial charge in [0, 0.05) is 48.5 Å². The van der Waals surface area contributed by atoms with Crippen LogP contribution in [0.1, 0.15) is 11.4 Å². The number of fused-ring (bicyclic) bond motifs is 1. The van der Waals surface area contributed by atoms with E-state index in [1.54, 1.807) is 11.3 Å². The second kappa shape index (κ2) is 7.96. The Morgan fingerprint density at radius 1 is 1.10 bits per heavy atom. The van der Waals surface area contributed by atoms with Crippen LogP contribution in [0.4, 0.5) is 5.13 Å². The predicted molar refractivity (Wildman–Crippen MR) is 121 cm³/mol. The third-order valence-corrected chi connectivity index (χ3v) is 6.97. The lowest BCUT2D eigenvalue weighted by molar-refractivity contribution is 0.0778. The van der Waals surface area contributed by atoms with Crippen LogP contribution in [0.2, 0.25) is 0 Å². The van der Waals surface area contributed by atoms with Crippen LogP contribution < -0.4 is 14.4 Å². The number of anilines is 1. The van der Waals surface area contributed by atoms with E-state index in [1.165, 1.54) is 17.0 Å². The normalized spacial score (nSPS) is 19.3. The van der Waals surface area contributed by atoms with Gasteiger partial charge in [-0.25, -0.2) is 4.98 Å². The first kappa shape index (κ1) is 19.5. The van der Waals surface area contributed by atoms with Crippen LogP contribution in [0.3, 0.4) is 0 Å². The summed E-state index contributed by atoms with van der Waals surface area (Å²) in [5.41, 5.74) is 4.73. The van der Waals surface area contributed by atoms with E-state index >= 15 is 0 Å². The molecule has 1 aromatic carbocycles. The molecule has 1 fully saturated rings. The fourth-order valence-electron chi connectivity index (χ4n) is 4.23. The van der Waals surface area contributed by atoms with Gasteiger partial charge in [0.15, 0.2) is 22.7 Å². The number of hydrogen-bond donors (Lipinski definition) is 0. The summed E-state index contributed by atoms with van der Waals surface area (Å²) in [6.07, 6.45) is -0.00566. The molecule has 1 atom stereocenters. The molecule has 158 valence electrons. The standard InChI is InChI=1S/C23H28N4O2S/c1-16-12-19(20-15-30-23(24-20)26-10-8-25(3)9-11-26)17(2)27(16)13-18-14-28-21-6-4-5-7-22(21)29-18/h4-7,12,15,18H,8-11,13-14H2,1-3H3/t18-/m1/s1. The number of ether oxygens (including phenoxy) is 2. The van der Waals surface area contributed by atoms with Crippen molar-refractivity contribution in [2.45, 2.75) is 26.5 Å². The number of aromatic nitrogens is 2. The summed E-state index contributed by atoms with van der Waals surface area (Å²) in [4.78, 5) is 9.75. The van der Waals surface area contributed by atoms with Crippen molar-refractivity contribution in [1.82, 2.24) is 14.5 Å². The zero-order chi connectivity index (χ0) is 20.7. The number of thiazole rings is 1. The van der Waals surface area contributed by atoms with Crippen LogP contribution in [-0.4, -0.2) is 60.4 Å². The van der Waals surface area contributed by atoms with Gasteiger partial charge in [0.25, 0.3) is 0 Å². The van der Waals surface area contributed by atoms with E-state index in [0.717, 1.165) is 55.0 Å². The van der Waals surface area contributed by atoms with Crippen LogP contribution in [-0.2, 0) is 6.54 Å². The monoisotopic (exact) mass is 424 g/mol. The largest absolute Gasteiger partial charge is 0.486 e. The maximum Gasteiger partial charge on any atom is 0.185 e. The van der Waals surface area contributed by atoms with Gasteiger partial charge >= 0.3 is 0 Å². The molecule has 0 aliphatic carbocycles. The molecule has 3 aromatic rings. The van der Waals surface area contributed by atoms with E-state index in [2.05, 4.69) is 46.7 Å². The molecule has 30 heavy (non-hydrogen) atoms. The number of hydrogen-bond acceptors (Lipinski definition) is 6. The van der Waals surface area contributed by atoms with Crippen LogP contribution in [0, 0.1) is 13.8 Å². The molecule has 1 saturated heterocycles. The minimum atomic E-state index is -0.00566. The summed E-state index contributed by atoms with van der Waals surface area (Å²) >= 11 is 1.75. The van der Waals surface area contributed by atoms with Crippen molar-refractivity contribution in [2.75, 3.05) is 44.7 Å². The molecule has 7 heteroatoms. The number of benzene rings is 1. The van der Waals surface area contributed by atoms with E-state index < -0.39 is 0 Å². The molecule has 2 aliphatic heterocycles. The Balaban J connectivity index is 1.33. The lowest BCUT2D eigenvalue weighted by atomic mass is 10.2. The average molecular weight is 425 g/mol. The molecule has 6 nitrogen and oxygen atoms in total. The van der Waals surface area contributed by atoms with Gasteiger partial charge in [-0.1, -0.05) is 12.1 Å². The Morgan fingerprint density at radius 3 is 2.67 bits per heavy atom. The summed E-state index contributed by atoms with van der Waals surface area (Å²) in [7, 11) is 2.18. The van der Waals surface area contributed by atoms with E-state index in [9.17, 15) is 0 Å². The fourth-order valence-corrected chi connectivity index (χ4v) is 5.11. The maximum atomic E-state index is 6.18. The van der Waals surface area contributed by atoms with Gasteiger partial charge in [-0.2, -0.15) is 0 Å². The number of likely N-dealkylation sites (N-methyl/N-ethyl adjacent to an activating group) is 1. The second-order valence-electron chi connectivity index (χ2n) is 8.20. The number of para-hydroxylation sites is 2. The highest BCUT2D eigenvalue weighted by atomic mass is 32.1. The van der Waals surface area contributed by atoms with Gasteiger partial charge in [0.1, 0.15) is 6.61 Å². The highest BCUT2D eigenvalue weighted by Crippen LogP contribution is 2.34. The molecule has 0 bridgehead atoms. The van der Waals surface area contributed by atoms with E-state index in [-0.39, 0.29) is 6.10 Å². The quantitative estimate of drug-likeness (QED) is 0.637. The molecule has 2 aromatic heterocycles. The third kappa shape index (κ3) is 3.68. The lowest BCUT2D eigenvalue weighted by Gasteiger charge is -2.32. The zero-order valence-electron chi connectivity index (χ0n) is 17.8. The van der Waals surface area contributed by atoms with E-state index in [4.69, 9.17) is 14.5 Å². The van der Waals surface area contributed by atoms with Crippen LogP contribution in [0.5, 0.6) is 11.5 Å². The fraction of sp³-hybridized carbons (Fsp3) is 0.435. The summed E-state index contributed by atoms with van der Waals surface area (Å²) in [6.45, 7) is 9.93. The van der Waals surface area contributed by atoms with Crippen molar-refractivity contribution in [3.63, 3.8) is 0 Å². The van der Waals surface area contributed by atoms with Crippen molar-refractivity contribution in [1.29, 1.82) is 0 Å². The first-order valence-electron chi connectivity index (χ1n) is 10.5. The van der Waals surface area contributed by atoms with Gasteiger partial charge < -0.3 is 23.8 Å². The SMILES string of the molecule is Cc1cc(-c2csc(N3CCN(C)CC3)n2)c(C)n1C[C@@H]1COc2ccccc2O1. The molecule has 0 unspecified atom stereocenters. The lowest BCUT2D eigenvalue weighted by Crippen LogP contribution is -2.44. The Bertz CT molecular complexity index is 1040. The maximum absolute atomic E-state index is 6.18. The summed E-state index contributed by atoms with van der Waals surface area (Å²) in [6, 6.07) is 10.1. The molecule has 0 N–H and O–H groups in total. The minimum Gasteiger partial charge on any atom is -0.486 e. The molecule has 4 heterocycles. The minimum absolute atomic E-state index is 0.00566. The van der Waals surface area contributed by atoms with Gasteiger partial charge in [0.05, 0.1) is 12.2 Å². The first-order valence-corrected chi connectivity index (χ1v) is 11.4. The van der Waals surface area contributed by atoms with Crippen LogP contribution >= 0.6 is 11.3 Å². The Labute approximate surface area is 181 Å². The van der Waals surface area contributed by atoms with E-state index in [1.807, 2.05) is 24.3 Å². The molecule has 2 aliphatic rings. The van der Waals surface area contributed by atoms with Crippen LogP contribution in [0.15, 0.2) is 35.7 Å². The van der Waals surface area contributed by atoms with Gasteiger partial charge in [-0.05, 0) is 39.1 Å². The van der Waals surface area contributed by atoms with Gasteiger partial charge in [-0.15, -0.1) is 11.3 Å². The average Bonchev–Trinajstić information content (AvgIpc) is 3.35. The summed E-state index contributed by atoms with van der Waals surface area (Å²) < 4.78 is 14.4. The molecule has 5 rings (SSSR count). The number of rotatable bonds is 4. The smallest absolute Gasteiger partial charge is 0.185 e. The number of aryl methyl sites for hydroxylation is 1. The van der Waals surface area contributed by atoms with Crippen molar-refractivity contribution < 1.29 is 9.47 Å². The van der Waals surface area contributed by atoms with Crippen molar-refractivity contribution in [2.24, 2.45) is 0 Å². The first-order chi connectivity index (χ1) is 14.6. The Morgan fingerprint density at radius 2 is 1.87 bits per heavy atom. The summed E-state index contributed by atoms with van der Waals surface area (Å²) in [5, 5.41) is 3.32.